The molecule has 0 spiro atoms. The van der Waals surface area contributed by atoms with Gasteiger partial charge in [0.15, 0.2) is 0 Å². The monoisotopic (exact) mass is 366 g/mol. The van der Waals surface area contributed by atoms with Crippen LogP contribution in [0.25, 0.3) is 0 Å². The molecule has 3 fully saturated rings. The highest BCUT2D eigenvalue weighted by Crippen LogP contribution is 2.62. The first-order chi connectivity index (χ1) is 13.0. The molecule has 144 valence electrons. The standard InChI is InChI=1S/C22H30N4O/c1-22(2)18-5-4-16(19(22)10-18)7-8-26-12-20(25-14-26)17(13-27)9-15-3-6-21(23)24-11-15/h3,6,11-14,16-19H,4-5,7-10H2,1-2H3,(H2,23,24)/t16?,17-,18?,19?/m0/s1. The van der Waals surface area contributed by atoms with E-state index in [0.717, 1.165) is 41.8 Å². The van der Waals surface area contributed by atoms with Gasteiger partial charge in [-0.3, -0.25) is 0 Å². The first-order valence-corrected chi connectivity index (χ1v) is 10.1. The maximum Gasteiger partial charge on any atom is 0.129 e. The number of rotatable bonds is 7. The van der Waals surface area contributed by atoms with E-state index < -0.39 is 0 Å². The summed E-state index contributed by atoms with van der Waals surface area (Å²) in [4.78, 5) is 20.2. The minimum absolute atomic E-state index is 0.238. The zero-order valence-corrected chi connectivity index (χ0v) is 16.3. The Hall–Kier alpha value is -2.17. The summed E-state index contributed by atoms with van der Waals surface area (Å²) in [7, 11) is 0. The number of aldehydes is 1. The first kappa shape index (κ1) is 18.2. The van der Waals surface area contributed by atoms with Crippen molar-refractivity contribution in [1.29, 1.82) is 0 Å². The number of anilines is 1. The van der Waals surface area contributed by atoms with Crippen LogP contribution in [0.5, 0.6) is 0 Å². The number of hydrogen-bond acceptors (Lipinski definition) is 4. The molecule has 3 aliphatic rings. The summed E-state index contributed by atoms with van der Waals surface area (Å²) < 4.78 is 2.16. The van der Waals surface area contributed by atoms with Crippen LogP contribution in [0.4, 0.5) is 5.82 Å². The summed E-state index contributed by atoms with van der Waals surface area (Å²) in [6, 6.07) is 3.69. The van der Waals surface area contributed by atoms with Crippen LogP contribution in [0.1, 0.15) is 56.7 Å². The number of nitrogen functional groups attached to an aromatic ring is 1. The van der Waals surface area contributed by atoms with Crippen LogP contribution < -0.4 is 5.73 Å². The van der Waals surface area contributed by atoms with Crippen molar-refractivity contribution in [3.05, 3.63) is 42.1 Å². The Balaban J connectivity index is 1.36. The number of imidazole rings is 1. The van der Waals surface area contributed by atoms with E-state index in [1.54, 1.807) is 12.3 Å². The van der Waals surface area contributed by atoms with E-state index >= 15 is 0 Å². The number of pyridine rings is 1. The second-order valence-corrected chi connectivity index (χ2v) is 9.06. The lowest BCUT2D eigenvalue weighted by Gasteiger charge is -2.60. The fraction of sp³-hybridized carbons (Fsp3) is 0.591. The number of fused-ring (bicyclic) bond motifs is 2. The van der Waals surface area contributed by atoms with Gasteiger partial charge in [0.05, 0.1) is 17.9 Å². The molecule has 3 unspecified atom stereocenters. The summed E-state index contributed by atoms with van der Waals surface area (Å²) in [5.74, 6) is 2.93. The molecule has 0 aliphatic heterocycles. The molecule has 2 bridgehead atoms. The van der Waals surface area contributed by atoms with Crippen molar-refractivity contribution in [2.24, 2.45) is 23.2 Å². The lowest BCUT2D eigenvalue weighted by Crippen LogP contribution is -2.52. The van der Waals surface area contributed by atoms with Gasteiger partial charge in [0, 0.05) is 18.9 Å². The van der Waals surface area contributed by atoms with Crippen LogP contribution in [-0.4, -0.2) is 20.8 Å². The topological polar surface area (TPSA) is 73.8 Å². The van der Waals surface area contributed by atoms with Crippen LogP contribution in [0, 0.1) is 23.2 Å². The Morgan fingerprint density at radius 3 is 2.85 bits per heavy atom. The third kappa shape index (κ3) is 3.52. The molecule has 3 aliphatic carbocycles. The number of hydrogen-bond donors (Lipinski definition) is 1. The van der Waals surface area contributed by atoms with Gasteiger partial charge in [0.25, 0.3) is 0 Å². The van der Waals surface area contributed by atoms with Crippen LogP contribution in [0.3, 0.4) is 0 Å². The molecule has 5 rings (SSSR count). The van der Waals surface area contributed by atoms with Crippen molar-refractivity contribution in [2.45, 2.75) is 58.4 Å². The largest absolute Gasteiger partial charge is 0.384 e. The Morgan fingerprint density at radius 2 is 2.19 bits per heavy atom. The van der Waals surface area contributed by atoms with Crippen molar-refractivity contribution in [1.82, 2.24) is 14.5 Å². The Labute approximate surface area is 161 Å². The molecular weight excluding hydrogens is 336 g/mol. The second-order valence-electron chi connectivity index (χ2n) is 9.06. The van der Waals surface area contributed by atoms with Gasteiger partial charge in [-0.2, -0.15) is 0 Å². The van der Waals surface area contributed by atoms with Gasteiger partial charge in [0.2, 0.25) is 0 Å². The average molecular weight is 367 g/mol. The molecular formula is C22H30N4O. The van der Waals surface area contributed by atoms with Gasteiger partial charge in [-0.05, 0) is 66.9 Å². The van der Waals surface area contributed by atoms with Crippen molar-refractivity contribution < 1.29 is 4.79 Å². The van der Waals surface area contributed by atoms with Gasteiger partial charge < -0.3 is 15.1 Å². The molecule has 5 heteroatoms. The van der Waals surface area contributed by atoms with Crippen molar-refractivity contribution in [2.75, 3.05) is 5.73 Å². The van der Waals surface area contributed by atoms with Crippen LogP contribution in [-0.2, 0) is 17.8 Å². The number of nitrogens with zero attached hydrogens (tertiary/aromatic N) is 3. The van der Waals surface area contributed by atoms with Gasteiger partial charge in [0.1, 0.15) is 12.1 Å². The van der Waals surface area contributed by atoms with E-state index in [4.69, 9.17) is 5.73 Å². The molecule has 2 aromatic rings. The molecule has 3 saturated carbocycles. The number of aromatic nitrogens is 3. The normalized spacial score (nSPS) is 27.0. The molecule has 2 N–H and O–H groups in total. The van der Waals surface area contributed by atoms with Crippen molar-refractivity contribution in [3.63, 3.8) is 0 Å². The highest BCUT2D eigenvalue weighted by atomic mass is 16.1. The minimum atomic E-state index is -0.238. The maximum atomic E-state index is 11.6. The number of carbonyl (C=O) groups excluding carboxylic acids is 1. The lowest BCUT2D eigenvalue weighted by atomic mass is 9.45. The summed E-state index contributed by atoms with van der Waals surface area (Å²) in [5.41, 5.74) is 8.01. The van der Waals surface area contributed by atoms with Crippen molar-refractivity contribution in [3.8, 4) is 0 Å². The second kappa shape index (κ2) is 7.10. The highest BCUT2D eigenvalue weighted by Gasteiger charge is 2.53. The average Bonchev–Trinajstić information content (AvgIpc) is 3.14. The van der Waals surface area contributed by atoms with Crippen LogP contribution in [0.2, 0.25) is 0 Å². The molecule has 4 atom stereocenters. The molecule has 2 aromatic heterocycles. The predicted molar refractivity (Wildman–Crippen MR) is 106 cm³/mol. The summed E-state index contributed by atoms with van der Waals surface area (Å²) in [5, 5.41) is 0. The predicted octanol–water partition coefficient (Wildman–Crippen LogP) is 3.85. The molecule has 2 heterocycles. The maximum absolute atomic E-state index is 11.6. The zero-order valence-electron chi connectivity index (χ0n) is 16.3. The van der Waals surface area contributed by atoms with E-state index in [2.05, 4.69) is 28.4 Å². The number of carbonyl (C=O) groups is 1. The Morgan fingerprint density at radius 1 is 1.33 bits per heavy atom. The molecule has 27 heavy (non-hydrogen) atoms. The minimum Gasteiger partial charge on any atom is -0.384 e. The van der Waals surface area contributed by atoms with Gasteiger partial charge in [-0.1, -0.05) is 19.9 Å². The smallest absolute Gasteiger partial charge is 0.129 e. The van der Waals surface area contributed by atoms with Crippen LogP contribution in [0.15, 0.2) is 30.9 Å². The molecule has 0 radical (unpaired) electrons. The fourth-order valence-electron chi connectivity index (χ4n) is 5.35. The quantitative estimate of drug-likeness (QED) is 0.756. The van der Waals surface area contributed by atoms with E-state index in [0.29, 0.717) is 17.7 Å². The Kier molecular flexibility index (Phi) is 4.79. The summed E-state index contributed by atoms with van der Waals surface area (Å²) in [6.07, 6.45) is 12.7. The third-order valence-electron chi connectivity index (χ3n) is 7.26. The van der Waals surface area contributed by atoms with E-state index in [-0.39, 0.29) is 5.92 Å². The fourth-order valence-corrected chi connectivity index (χ4v) is 5.35. The molecule has 0 aromatic carbocycles. The number of aryl methyl sites for hydroxylation is 1. The molecule has 0 saturated heterocycles. The van der Waals surface area contributed by atoms with Crippen molar-refractivity contribution >= 4 is 12.1 Å². The lowest BCUT2D eigenvalue weighted by molar-refractivity contribution is -0.109. The Bertz CT molecular complexity index is 793. The van der Waals surface area contributed by atoms with Gasteiger partial charge >= 0.3 is 0 Å². The van der Waals surface area contributed by atoms with E-state index in [9.17, 15) is 4.79 Å². The zero-order chi connectivity index (χ0) is 19.0. The summed E-state index contributed by atoms with van der Waals surface area (Å²) in [6.45, 7) is 5.89. The number of nitrogens with two attached hydrogens (primary N) is 1. The van der Waals surface area contributed by atoms with E-state index in [1.165, 1.54) is 25.7 Å². The van der Waals surface area contributed by atoms with E-state index in [1.807, 2.05) is 18.6 Å². The van der Waals surface area contributed by atoms with Gasteiger partial charge in [-0.15, -0.1) is 0 Å². The van der Waals surface area contributed by atoms with Crippen LogP contribution >= 0.6 is 0 Å². The SMILES string of the molecule is CC1(C)C2CCC(CCn3cnc([C@H](C=O)Cc4ccc(N)nc4)c3)C1C2. The molecule has 5 nitrogen and oxygen atoms in total. The first-order valence-electron chi connectivity index (χ1n) is 10.1. The molecule has 0 amide bonds. The highest BCUT2D eigenvalue weighted by molar-refractivity contribution is 5.61. The third-order valence-corrected chi connectivity index (χ3v) is 7.26. The summed E-state index contributed by atoms with van der Waals surface area (Å²) >= 11 is 0. The van der Waals surface area contributed by atoms with Gasteiger partial charge in [-0.25, -0.2) is 9.97 Å².